The number of anilines is 1. The van der Waals surface area contributed by atoms with E-state index >= 15 is 0 Å². The van der Waals surface area contributed by atoms with Crippen LogP contribution in [0.15, 0.2) is 18.8 Å². The normalized spacial score (nSPS) is 9.27. The molecule has 58 valence electrons. The fourth-order valence-corrected chi connectivity index (χ4v) is 0.950. The average Bonchev–Trinajstić information content (AvgIpc) is 2.04. The van der Waals surface area contributed by atoms with Gasteiger partial charge < -0.3 is 5.32 Å². The Morgan fingerprint density at radius 3 is 2.91 bits per heavy atom. The standard InChI is InChI=1S/C9H12N2/c1-4-8-6-11-7(2)5-9(8)10-3/h4-6H,1H2,2-3H3,(H,10,11). The third kappa shape index (κ3) is 1.58. The number of pyridine rings is 1. The number of nitrogens with zero attached hydrogens (tertiary/aromatic N) is 1. The maximum atomic E-state index is 4.15. The van der Waals surface area contributed by atoms with E-state index in [0.717, 1.165) is 16.9 Å². The van der Waals surface area contributed by atoms with Gasteiger partial charge in [0, 0.05) is 30.2 Å². The number of aromatic nitrogens is 1. The highest BCUT2D eigenvalue weighted by Gasteiger charge is 1.96. The SMILES string of the molecule is C=Cc1cnc(C)cc1NC. The lowest BCUT2D eigenvalue weighted by atomic mass is 10.2. The van der Waals surface area contributed by atoms with Crippen LogP contribution in [0.1, 0.15) is 11.3 Å². The number of hydrogen-bond donors (Lipinski definition) is 1. The summed E-state index contributed by atoms with van der Waals surface area (Å²) in [7, 11) is 1.89. The van der Waals surface area contributed by atoms with Crippen molar-refractivity contribution in [2.75, 3.05) is 12.4 Å². The van der Waals surface area contributed by atoms with E-state index in [4.69, 9.17) is 0 Å². The van der Waals surface area contributed by atoms with E-state index in [1.807, 2.05) is 26.2 Å². The zero-order chi connectivity index (χ0) is 8.27. The van der Waals surface area contributed by atoms with E-state index in [1.165, 1.54) is 0 Å². The van der Waals surface area contributed by atoms with Crippen molar-refractivity contribution in [3.8, 4) is 0 Å². The molecule has 0 aliphatic carbocycles. The van der Waals surface area contributed by atoms with E-state index in [0.29, 0.717) is 0 Å². The number of hydrogen-bond acceptors (Lipinski definition) is 2. The van der Waals surface area contributed by atoms with Crippen LogP contribution in [0.4, 0.5) is 5.69 Å². The van der Waals surface area contributed by atoms with Crippen molar-refractivity contribution in [2.24, 2.45) is 0 Å². The van der Waals surface area contributed by atoms with Gasteiger partial charge in [0.05, 0.1) is 0 Å². The van der Waals surface area contributed by atoms with Crippen molar-refractivity contribution >= 4 is 11.8 Å². The Morgan fingerprint density at radius 1 is 1.64 bits per heavy atom. The highest BCUT2D eigenvalue weighted by molar-refractivity contribution is 5.64. The van der Waals surface area contributed by atoms with Crippen molar-refractivity contribution in [1.29, 1.82) is 0 Å². The molecular formula is C9H12N2. The first-order chi connectivity index (χ1) is 5.27. The number of rotatable bonds is 2. The summed E-state index contributed by atoms with van der Waals surface area (Å²) < 4.78 is 0. The molecule has 0 atom stereocenters. The summed E-state index contributed by atoms with van der Waals surface area (Å²) in [6.07, 6.45) is 3.60. The molecule has 1 aromatic rings. The fourth-order valence-electron chi connectivity index (χ4n) is 0.950. The lowest BCUT2D eigenvalue weighted by Crippen LogP contribution is -1.93. The van der Waals surface area contributed by atoms with Crippen LogP contribution in [0.25, 0.3) is 6.08 Å². The molecule has 0 fully saturated rings. The summed E-state index contributed by atoms with van der Waals surface area (Å²) >= 11 is 0. The lowest BCUT2D eigenvalue weighted by Gasteiger charge is -2.04. The Kier molecular flexibility index (Phi) is 2.26. The molecule has 0 saturated carbocycles. The van der Waals surface area contributed by atoms with Crippen molar-refractivity contribution in [3.05, 3.63) is 30.1 Å². The predicted octanol–water partition coefficient (Wildman–Crippen LogP) is 2.07. The predicted molar refractivity (Wildman–Crippen MR) is 48.6 cm³/mol. The summed E-state index contributed by atoms with van der Waals surface area (Å²) in [5.41, 5.74) is 3.13. The van der Waals surface area contributed by atoms with Gasteiger partial charge in [-0.1, -0.05) is 12.7 Å². The van der Waals surface area contributed by atoms with Crippen LogP contribution in [0.3, 0.4) is 0 Å². The minimum absolute atomic E-state index is 1.01. The van der Waals surface area contributed by atoms with Crippen LogP contribution < -0.4 is 5.32 Å². The van der Waals surface area contributed by atoms with E-state index < -0.39 is 0 Å². The minimum Gasteiger partial charge on any atom is -0.388 e. The molecule has 11 heavy (non-hydrogen) atoms. The van der Waals surface area contributed by atoms with Gasteiger partial charge in [0.2, 0.25) is 0 Å². The van der Waals surface area contributed by atoms with Crippen molar-refractivity contribution in [2.45, 2.75) is 6.92 Å². The smallest absolute Gasteiger partial charge is 0.0444 e. The van der Waals surface area contributed by atoms with Gasteiger partial charge in [0.1, 0.15) is 0 Å². The van der Waals surface area contributed by atoms with Crippen LogP contribution >= 0.6 is 0 Å². The van der Waals surface area contributed by atoms with Gasteiger partial charge in [-0.3, -0.25) is 4.98 Å². The van der Waals surface area contributed by atoms with E-state index in [-0.39, 0.29) is 0 Å². The van der Waals surface area contributed by atoms with E-state index in [9.17, 15) is 0 Å². The molecule has 0 amide bonds. The zero-order valence-electron chi connectivity index (χ0n) is 6.89. The Morgan fingerprint density at radius 2 is 2.36 bits per heavy atom. The average molecular weight is 148 g/mol. The maximum Gasteiger partial charge on any atom is 0.0444 e. The number of nitrogens with one attached hydrogen (secondary N) is 1. The highest BCUT2D eigenvalue weighted by atomic mass is 14.8. The van der Waals surface area contributed by atoms with Crippen LogP contribution in [0, 0.1) is 6.92 Å². The second-order valence-corrected chi connectivity index (χ2v) is 2.37. The van der Waals surface area contributed by atoms with Gasteiger partial charge in [-0.25, -0.2) is 0 Å². The lowest BCUT2D eigenvalue weighted by molar-refractivity contribution is 1.19. The van der Waals surface area contributed by atoms with E-state index in [2.05, 4.69) is 16.9 Å². The molecule has 0 aliphatic heterocycles. The van der Waals surface area contributed by atoms with Crippen molar-refractivity contribution < 1.29 is 0 Å². The monoisotopic (exact) mass is 148 g/mol. The Balaban J connectivity index is 3.16. The molecule has 0 aliphatic rings. The second-order valence-electron chi connectivity index (χ2n) is 2.37. The molecule has 0 unspecified atom stereocenters. The molecule has 0 saturated heterocycles. The van der Waals surface area contributed by atoms with Gasteiger partial charge >= 0.3 is 0 Å². The molecule has 2 nitrogen and oxygen atoms in total. The van der Waals surface area contributed by atoms with Gasteiger partial charge in [-0.15, -0.1) is 0 Å². The van der Waals surface area contributed by atoms with Crippen LogP contribution in [0.2, 0.25) is 0 Å². The Bertz CT molecular complexity index is 266. The largest absolute Gasteiger partial charge is 0.388 e. The molecule has 0 aromatic carbocycles. The summed E-state index contributed by atoms with van der Waals surface area (Å²) in [6, 6.07) is 2.00. The summed E-state index contributed by atoms with van der Waals surface area (Å²) in [6.45, 7) is 5.66. The van der Waals surface area contributed by atoms with Gasteiger partial charge in [-0.2, -0.15) is 0 Å². The Hall–Kier alpha value is -1.31. The van der Waals surface area contributed by atoms with Crippen LogP contribution in [0.5, 0.6) is 0 Å². The molecule has 0 spiro atoms. The molecule has 1 heterocycles. The third-order valence-electron chi connectivity index (χ3n) is 1.56. The molecule has 0 bridgehead atoms. The van der Waals surface area contributed by atoms with Gasteiger partial charge in [0.15, 0.2) is 0 Å². The molecule has 1 N–H and O–H groups in total. The first kappa shape index (κ1) is 7.79. The molecule has 0 radical (unpaired) electrons. The van der Waals surface area contributed by atoms with Gasteiger partial charge in [-0.05, 0) is 13.0 Å². The van der Waals surface area contributed by atoms with Crippen LogP contribution in [-0.2, 0) is 0 Å². The van der Waals surface area contributed by atoms with Crippen molar-refractivity contribution in [3.63, 3.8) is 0 Å². The molecule has 1 rings (SSSR count). The second kappa shape index (κ2) is 3.19. The van der Waals surface area contributed by atoms with Crippen molar-refractivity contribution in [1.82, 2.24) is 4.98 Å². The summed E-state index contributed by atoms with van der Waals surface area (Å²) in [5, 5.41) is 3.08. The highest BCUT2D eigenvalue weighted by Crippen LogP contribution is 2.15. The molecule has 2 heteroatoms. The number of aryl methyl sites for hydroxylation is 1. The molecule has 1 aromatic heterocycles. The topological polar surface area (TPSA) is 24.9 Å². The quantitative estimate of drug-likeness (QED) is 0.694. The summed E-state index contributed by atoms with van der Waals surface area (Å²) in [5.74, 6) is 0. The molecular weight excluding hydrogens is 136 g/mol. The summed E-state index contributed by atoms with van der Waals surface area (Å²) in [4.78, 5) is 4.15. The first-order valence-electron chi connectivity index (χ1n) is 3.54. The van der Waals surface area contributed by atoms with Crippen LogP contribution in [-0.4, -0.2) is 12.0 Å². The fraction of sp³-hybridized carbons (Fsp3) is 0.222. The minimum atomic E-state index is 1.01. The third-order valence-corrected chi connectivity index (χ3v) is 1.56. The zero-order valence-corrected chi connectivity index (χ0v) is 6.89. The Labute approximate surface area is 67.0 Å². The maximum absolute atomic E-state index is 4.15. The van der Waals surface area contributed by atoms with Gasteiger partial charge in [0.25, 0.3) is 0 Å². The van der Waals surface area contributed by atoms with E-state index in [1.54, 1.807) is 6.08 Å². The first-order valence-corrected chi connectivity index (χ1v) is 3.54.